The maximum absolute atomic E-state index is 12.3. The number of aromatic nitrogens is 1. The highest BCUT2D eigenvalue weighted by Gasteiger charge is 2.13. The summed E-state index contributed by atoms with van der Waals surface area (Å²) in [5.74, 6) is -0.102. The molecular formula is C14H15N3O. The van der Waals surface area contributed by atoms with Crippen molar-refractivity contribution < 1.29 is 4.79 Å². The molecule has 2 rings (SSSR count). The van der Waals surface area contributed by atoms with Crippen LogP contribution in [0, 0.1) is 6.92 Å². The van der Waals surface area contributed by atoms with E-state index in [1.807, 2.05) is 19.1 Å². The van der Waals surface area contributed by atoms with Crippen LogP contribution in [0.5, 0.6) is 0 Å². The molecule has 1 amide bonds. The fourth-order valence-electron chi connectivity index (χ4n) is 1.64. The smallest absolute Gasteiger partial charge is 0.258 e. The maximum atomic E-state index is 12.3. The van der Waals surface area contributed by atoms with E-state index in [0.717, 1.165) is 11.3 Å². The number of carbonyl (C=O) groups excluding carboxylic acids is 1. The number of hydrogen-bond acceptors (Lipinski definition) is 3. The molecule has 0 aliphatic rings. The quantitative estimate of drug-likeness (QED) is 0.820. The van der Waals surface area contributed by atoms with Gasteiger partial charge in [-0.3, -0.25) is 9.78 Å². The SMILES string of the molecule is Cc1ccc(C(=O)N(C)c2cccnc2)cc1N. The van der Waals surface area contributed by atoms with E-state index in [1.54, 1.807) is 42.5 Å². The molecule has 4 heteroatoms. The number of aryl methyl sites for hydroxylation is 1. The number of rotatable bonds is 2. The molecule has 0 aliphatic carbocycles. The zero-order valence-electron chi connectivity index (χ0n) is 10.4. The van der Waals surface area contributed by atoms with Crippen molar-refractivity contribution in [3.63, 3.8) is 0 Å². The van der Waals surface area contributed by atoms with E-state index < -0.39 is 0 Å². The van der Waals surface area contributed by atoms with Gasteiger partial charge in [-0.05, 0) is 36.8 Å². The van der Waals surface area contributed by atoms with E-state index in [0.29, 0.717) is 11.3 Å². The summed E-state index contributed by atoms with van der Waals surface area (Å²) in [6.07, 6.45) is 3.32. The Balaban J connectivity index is 2.29. The van der Waals surface area contributed by atoms with Gasteiger partial charge in [-0.25, -0.2) is 0 Å². The molecule has 0 aliphatic heterocycles. The van der Waals surface area contributed by atoms with Gasteiger partial charge in [0.25, 0.3) is 5.91 Å². The summed E-state index contributed by atoms with van der Waals surface area (Å²) in [6.45, 7) is 1.91. The Morgan fingerprint density at radius 1 is 1.33 bits per heavy atom. The number of amides is 1. The Hall–Kier alpha value is -2.36. The first-order chi connectivity index (χ1) is 8.59. The van der Waals surface area contributed by atoms with Gasteiger partial charge in [0.2, 0.25) is 0 Å². The highest BCUT2D eigenvalue weighted by atomic mass is 16.2. The lowest BCUT2D eigenvalue weighted by Gasteiger charge is -2.17. The van der Waals surface area contributed by atoms with Crippen LogP contribution in [0.1, 0.15) is 15.9 Å². The summed E-state index contributed by atoms with van der Waals surface area (Å²) in [5, 5.41) is 0. The topological polar surface area (TPSA) is 59.2 Å². The highest BCUT2D eigenvalue weighted by Crippen LogP contribution is 2.17. The summed E-state index contributed by atoms with van der Waals surface area (Å²) >= 11 is 0. The predicted molar refractivity (Wildman–Crippen MR) is 72.6 cm³/mol. The Kier molecular flexibility index (Phi) is 3.28. The minimum absolute atomic E-state index is 0.102. The van der Waals surface area contributed by atoms with E-state index in [2.05, 4.69) is 4.98 Å². The zero-order valence-corrected chi connectivity index (χ0v) is 10.4. The Labute approximate surface area is 106 Å². The third-order valence-corrected chi connectivity index (χ3v) is 2.86. The van der Waals surface area contributed by atoms with Crippen molar-refractivity contribution in [2.75, 3.05) is 17.7 Å². The zero-order chi connectivity index (χ0) is 13.1. The number of nitrogens with two attached hydrogens (primary N) is 1. The largest absolute Gasteiger partial charge is 0.398 e. The van der Waals surface area contributed by atoms with E-state index in [4.69, 9.17) is 5.73 Å². The second-order valence-electron chi connectivity index (χ2n) is 4.15. The van der Waals surface area contributed by atoms with Crippen molar-refractivity contribution in [3.05, 3.63) is 53.9 Å². The van der Waals surface area contributed by atoms with Gasteiger partial charge in [0, 0.05) is 24.5 Å². The third kappa shape index (κ3) is 2.32. The van der Waals surface area contributed by atoms with Crippen LogP contribution in [0.15, 0.2) is 42.7 Å². The molecular weight excluding hydrogens is 226 g/mol. The molecule has 2 aromatic rings. The average molecular weight is 241 g/mol. The van der Waals surface area contributed by atoms with E-state index in [-0.39, 0.29) is 5.91 Å². The standard InChI is InChI=1S/C14H15N3O/c1-10-5-6-11(8-13(10)15)14(18)17(2)12-4-3-7-16-9-12/h3-9H,15H2,1-2H3. The molecule has 4 nitrogen and oxygen atoms in total. The van der Waals surface area contributed by atoms with Crippen LogP contribution in [-0.4, -0.2) is 17.9 Å². The van der Waals surface area contributed by atoms with Crippen LogP contribution in [-0.2, 0) is 0 Å². The second kappa shape index (κ2) is 4.87. The van der Waals surface area contributed by atoms with Crippen LogP contribution >= 0.6 is 0 Å². The van der Waals surface area contributed by atoms with Crippen LogP contribution < -0.4 is 10.6 Å². The molecule has 0 spiro atoms. The van der Waals surface area contributed by atoms with Gasteiger partial charge >= 0.3 is 0 Å². The van der Waals surface area contributed by atoms with Crippen LogP contribution in [0.3, 0.4) is 0 Å². The highest BCUT2D eigenvalue weighted by molar-refractivity contribution is 6.06. The van der Waals surface area contributed by atoms with Crippen molar-refractivity contribution in [3.8, 4) is 0 Å². The predicted octanol–water partition coefficient (Wildman–Crippen LogP) is 2.25. The van der Waals surface area contributed by atoms with Crippen molar-refractivity contribution in [2.24, 2.45) is 0 Å². The molecule has 0 unspecified atom stereocenters. The number of nitrogens with zero attached hydrogens (tertiary/aromatic N) is 2. The Morgan fingerprint density at radius 3 is 2.72 bits per heavy atom. The number of benzene rings is 1. The van der Waals surface area contributed by atoms with Gasteiger partial charge < -0.3 is 10.6 Å². The molecule has 0 saturated carbocycles. The van der Waals surface area contributed by atoms with Crippen LogP contribution in [0.4, 0.5) is 11.4 Å². The molecule has 92 valence electrons. The fraction of sp³-hybridized carbons (Fsp3) is 0.143. The first kappa shape index (κ1) is 12.1. The molecule has 0 saturated heterocycles. The molecule has 2 N–H and O–H groups in total. The first-order valence-corrected chi connectivity index (χ1v) is 5.64. The molecule has 0 atom stereocenters. The molecule has 1 heterocycles. The summed E-state index contributed by atoms with van der Waals surface area (Å²) in [5.41, 5.74) is 8.73. The minimum Gasteiger partial charge on any atom is -0.398 e. The maximum Gasteiger partial charge on any atom is 0.258 e. The molecule has 18 heavy (non-hydrogen) atoms. The molecule has 1 aromatic carbocycles. The molecule has 0 bridgehead atoms. The van der Waals surface area contributed by atoms with Crippen molar-refractivity contribution >= 4 is 17.3 Å². The Bertz CT molecular complexity index is 567. The summed E-state index contributed by atoms with van der Waals surface area (Å²) in [6, 6.07) is 8.95. The van der Waals surface area contributed by atoms with Crippen LogP contribution in [0.25, 0.3) is 0 Å². The monoisotopic (exact) mass is 241 g/mol. The van der Waals surface area contributed by atoms with Gasteiger partial charge in [0.05, 0.1) is 11.9 Å². The number of anilines is 2. The van der Waals surface area contributed by atoms with Gasteiger partial charge in [-0.2, -0.15) is 0 Å². The number of nitrogen functional groups attached to an aromatic ring is 1. The number of carbonyl (C=O) groups is 1. The lowest BCUT2D eigenvalue weighted by Crippen LogP contribution is -2.26. The number of hydrogen-bond donors (Lipinski definition) is 1. The second-order valence-corrected chi connectivity index (χ2v) is 4.15. The van der Waals surface area contributed by atoms with Crippen molar-refractivity contribution in [1.82, 2.24) is 4.98 Å². The fourth-order valence-corrected chi connectivity index (χ4v) is 1.64. The van der Waals surface area contributed by atoms with E-state index >= 15 is 0 Å². The third-order valence-electron chi connectivity index (χ3n) is 2.86. The van der Waals surface area contributed by atoms with Gasteiger partial charge in [0.15, 0.2) is 0 Å². The summed E-state index contributed by atoms with van der Waals surface area (Å²) in [4.78, 5) is 17.8. The molecule has 1 aromatic heterocycles. The van der Waals surface area contributed by atoms with Gasteiger partial charge in [-0.1, -0.05) is 6.07 Å². The summed E-state index contributed by atoms with van der Waals surface area (Å²) in [7, 11) is 1.72. The lowest BCUT2D eigenvalue weighted by molar-refractivity contribution is 0.0993. The first-order valence-electron chi connectivity index (χ1n) is 5.64. The van der Waals surface area contributed by atoms with Gasteiger partial charge in [-0.15, -0.1) is 0 Å². The van der Waals surface area contributed by atoms with E-state index in [9.17, 15) is 4.79 Å². The van der Waals surface area contributed by atoms with Gasteiger partial charge in [0.1, 0.15) is 0 Å². The normalized spacial score (nSPS) is 10.1. The van der Waals surface area contributed by atoms with Crippen LogP contribution in [0.2, 0.25) is 0 Å². The minimum atomic E-state index is -0.102. The molecule has 0 radical (unpaired) electrons. The summed E-state index contributed by atoms with van der Waals surface area (Å²) < 4.78 is 0. The van der Waals surface area contributed by atoms with E-state index in [1.165, 1.54) is 0 Å². The molecule has 0 fully saturated rings. The average Bonchev–Trinajstić information content (AvgIpc) is 2.41. The number of pyridine rings is 1. The van der Waals surface area contributed by atoms with Crippen molar-refractivity contribution in [1.29, 1.82) is 0 Å². The van der Waals surface area contributed by atoms with Crippen molar-refractivity contribution in [2.45, 2.75) is 6.92 Å². The lowest BCUT2D eigenvalue weighted by atomic mass is 10.1. The Morgan fingerprint density at radius 2 is 2.11 bits per heavy atom.